The SMILES string of the molecule is COC1(C#N)CCN(CC2CCC(C)(C)O2)CC1. The van der Waals surface area contributed by atoms with E-state index in [0.29, 0.717) is 6.10 Å². The van der Waals surface area contributed by atoms with Gasteiger partial charge in [-0.05, 0) is 26.7 Å². The predicted molar refractivity (Wildman–Crippen MR) is 69.2 cm³/mol. The molecule has 2 saturated heterocycles. The van der Waals surface area contributed by atoms with Crippen molar-refractivity contribution in [3.63, 3.8) is 0 Å². The van der Waals surface area contributed by atoms with Crippen molar-refractivity contribution in [2.24, 2.45) is 0 Å². The fourth-order valence-electron chi connectivity index (χ4n) is 2.95. The van der Waals surface area contributed by atoms with Crippen LogP contribution in [0.2, 0.25) is 0 Å². The Labute approximate surface area is 110 Å². The summed E-state index contributed by atoms with van der Waals surface area (Å²) in [5, 5.41) is 9.16. The molecule has 0 aliphatic carbocycles. The summed E-state index contributed by atoms with van der Waals surface area (Å²) in [6.45, 7) is 7.18. The third-order valence-corrected chi connectivity index (χ3v) is 4.27. The first-order valence-corrected chi connectivity index (χ1v) is 6.85. The Bertz CT molecular complexity index is 327. The molecule has 2 heterocycles. The molecule has 0 bridgehead atoms. The molecule has 0 aromatic rings. The Kier molecular flexibility index (Phi) is 3.96. The quantitative estimate of drug-likeness (QED) is 0.770. The van der Waals surface area contributed by atoms with Crippen molar-refractivity contribution >= 4 is 0 Å². The molecule has 0 spiro atoms. The van der Waals surface area contributed by atoms with E-state index in [2.05, 4.69) is 24.8 Å². The highest BCUT2D eigenvalue weighted by Gasteiger charge is 2.37. The molecule has 0 amide bonds. The fourth-order valence-corrected chi connectivity index (χ4v) is 2.95. The lowest BCUT2D eigenvalue weighted by Gasteiger charge is -2.37. The van der Waals surface area contributed by atoms with Crippen molar-refractivity contribution < 1.29 is 9.47 Å². The minimum atomic E-state index is -0.549. The van der Waals surface area contributed by atoms with Crippen LogP contribution in [0.25, 0.3) is 0 Å². The second-order valence-electron chi connectivity index (χ2n) is 6.15. The average molecular weight is 252 g/mol. The molecule has 0 aromatic heterocycles. The van der Waals surface area contributed by atoms with E-state index in [1.165, 1.54) is 0 Å². The van der Waals surface area contributed by atoms with Crippen LogP contribution >= 0.6 is 0 Å². The van der Waals surface area contributed by atoms with E-state index in [1.54, 1.807) is 7.11 Å². The third kappa shape index (κ3) is 3.03. The van der Waals surface area contributed by atoms with Gasteiger partial charge in [-0.1, -0.05) is 0 Å². The molecule has 2 rings (SSSR count). The summed E-state index contributed by atoms with van der Waals surface area (Å²) in [7, 11) is 1.64. The van der Waals surface area contributed by atoms with Gasteiger partial charge in [0.1, 0.15) is 0 Å². The second-order valence-corrected chi connectivity index (χ2v) is 6.15. The standard InChI is InChI=1S/C14H24N2O2/c1-13(2)5-4-12(18-13)10-16-8-6-14(11-15,17-3)7-9-16/h12H,4-10H2,1-3H3. The summed E-state index contributed by atoms with van der Waals surface area (Å²) in [5.74, 6) is 0. The lowest BCUT2D eigenvalue weighted by Crippen LogP contribution is -2.47. The van der Waals surface area contributed by atoms with Gasteiger partial charge in [-0.25, -0.2) is 0 Å². The van der Waals surface area contributed by atoms with Crippen molar-refractivity contribution in [2.75, 3.05) is 26.7 Å². The molecule has 2 aliphatic rings. The summed E-state index contributed by atoms with van der Waals surface area (Å²) in [6, 6.07) is 2.31. The van der Waals surface area contributed by atoms with Gasteiger partial charge in [0.15, 0.2) is 5.60 Å². The highest BCUT2D eigenvalue weighted by molar-refractivity contribution is 5.04. The number of hydrogen-bond acceptors (Lipinski definition) is 4. The van der Waals surface area contributed by atoms with E-state index in [9.17, 15) is 0 Å². The van der Waals surface area contributed by atoms with Crippen LogP contribution in [0.3, 0.4) is 0 Å². The molecule has 0 saturated carbocycles. The molecule has 102 valence electrons. The number of rotatable bonds is 3. The van der Waals surface area contributed by atoms with Gasteiger partial charge in [0.05, 0.1) is 17.8 Å². The Morgan fingerprint density at radius 3 is 2.44 bits per heavy atom. The molecular formula is C14H24N2O2. The molecule has 2 aliphatic heterocycles. The van der Waals surface area contributed by atoms with Crippen LogP contribution in [0.5, 0.6) is 0 Å². The molecule has 4 nitrogen and oxygen atoms in total. The van der Waals surface area contributed by atoms with Gasteiger partial charge in [-0.2, -0.15) is 5.26 Å². The number of ether oxygens (including phenoxy) is 2. The number of likely N-dealkylation sites (tertiary alicyclic amines) is 1. The fraction of sp³-hybridized carbons (Fsp3) is 0.929. The highest BCUT2D eigenvalue weighted by atomic mass is 16.5. The molecule has 2 fully saturated rings. The smallest absolute Gasteiger partial charge is 0.156 e. The van der Waals surface area contributed by atoms with Crippen LogP contribution in [-0.4, -0.2) is 49.0 Å². The van der Waals surface area contributed by atoms with Crippen LogP contribution < -0.4 is 0 Å². The average Bonchev–Trinajstić information content (AvgIpc) is 2.70. The third-order valence-electron chi connectivity index (χ3n) is 4.27. The number of methoxy groups -OCH3 is 1. The van der Waals surface area contributed by atoms with Crippen LogP contribution in [0.4, 0.5) is 0 Å². The van der Waals surface area contributed by atoms with Crippen LogP contribution in [-0.2, 0) is 9.47 Å². The zero-order valence-electron chi connectivity index (χ0n) is 11.7. The molecule has 0 N–H and O–H groups in total. The van der Waals surface area contributed by atoms with Crippen LogP contribution in [0.15, 0.2) is 0 Å². The largest absolute Gasteiger partial charge is 0.371 e. The molecule has 18 heavy (non-hydrogen) atoms. The topological polar surface area (TPSA) is 45.5 Å². The van der Waals surface area contributed by atoms with E-state index in [4.69, 9.17) is 14.7 Å². The van der Waals surface area contributed by atoms with Crippen molar-refractivity contribution in [1.29, 1.82) is 5.26 Å². The molecule has 1 atom stereocenters. The zero-order chi connectivity index (χ0) is 13.2. The Balaban J connectivity index is 1.80. The number of hydrogen-bond donors (Lipinski definition) is 0. The van der Waals surface area contributed by atoms with Gasteiger partial charge < -0.3 is 14.4 Å². The van der Waals surface area contributed by atoms with E-state index in [-0.39, 0.29) is 5.60 Å². The van der Waals surface area contributed by atoms with Gasteiger partial charge in [0.25, 0.3) is 0 Å². The predicted octanol–water partition coefficient (Wildman–Crippen LogP) is 1.95. The van der Waals surface area contributed by atoms with Gasteiger partial charge in [0, 0.05) is 39.6 Å². The maximum absolute atomic E-state index is 9.16. The van der Waals surface area contributed by atoms with E-state index in [1.807, 2.05) is 0 Å². The normalized spacial score (nSPS) is 31.1. The second kappa shape index (κ2) is 5.16. The molecular weight excluding hydrogens is 228 g/mol. The van der Waals surface area contributed by atoms with E-state index >= 15 is 0 Å². The lowest BCUT2D eigenvalue weighted by molar-refractivity contribution is -0.0499. The monoisotopic (exact) mass is 252 g/mol. The number of nitriles is 1. The summed E-state index contributed by atoms with van der Waals surface area (Å²) in [4.78, 5) is 2.40. The van der Waals surface area contributed by atoms with Crippen molar-refractivity contribution in [3.05, 3.63) is 0 Å². The van der Waals surface area contributed by atoms with E-state index in [0.717, 1.165) is 45.3 Å². The van der Waals surface area contributed by atoms with Gasteiger partial charge in [0.2, 0.25) is 0 Å². The maximum atomic E-state index is 9.16. The zero-order valence-corrected chi connectivity index (χ0v) is 11.7. The first kappa shape index (κ1) is 13.8. The van der Waals surface area contributed by atoms with Crippen molar-refractivity contribution in [2.45, 2.75) is 56.8 Å². The molecule has 1 unspecified atom stereocenters. The number of piperidine rings is 1. The summed E-state index contributed by atoms with van der Waals surface area (Å²) < 4.78 is 11.4. The van der Waals surface area contributed by atoms with Crippen molar-refractivity contribution in [1.82, 2.24) is 4.90 Å². The first-order valence-electron chi connectivity index (χ1n) is 6.85. The van der Waals surface area contributed by atoms with Gasteiger partial charge in [-0.3, -0.25) is 0 Å². The lowest BCUT2D eigenvalue weighted by atomic mass is 9.92. The van der Waals surface area contributed by atoms with Crippen LogP contribution in [0.1, 0.15) is 39.5 Å². The summed E-state index contributed by atoms with van der Waals surface area (Å²) >= 11 is 0. The summed E-state index contributed by atoms with van der Waals surface area (Å²) in [6.07, 6.45) is 4.26. The molecule has 0 radical (unpaired) electrons. The summed E-state index contributed by atoms with van der Waals surface area (Å²) in [5.41, 5.74) is -0.504. The van der Waals surface area contributed by atoms with Gasteiger partial charge in [-0.15, -0.1) is 0 Å². The highest BCUT2D eigenvalue weighted by Crippen LogP contribution is 2.31. The minimum Gasteiger partial charge on any atom is -0.371 e. The van der Waals surface area contributed by atoms with Crippen molar-refractivity contribution in [3.8, 4) is 6.07 Å². The minimum absolute atomic E-state index is 0.0450. The first-order chi connectivity index (χ1) is 8.49. The van der Waals surface area contributed by atoms with E-state index < -0.39 is 5.60 Å². The van der Waals surface area contributed by atoms with Crippen LogP contribution in [0, 0.1) is 11.3 Å². The number of nitrogens with zero attached hydrogens (tertiary/aromatic N) is 2. The molecule has 0 aromatic carbocycles. The Morgan fingerprint density at radius 2 is 2.00 bits per heavy atom. The van der Waals surface area contributed by atoms with Gasteiger partial charge >= 0.3 is 0 Å². The Morgan fingerprint density at radius 1 is 1.33 bits per heavy atom. The maximum Gasteiger partial charge on any atom is 0.156 e. The molecule has 4 heteroatoms. The Hall–Kier alpha value is -0.630.